The van der Waals surface area contributed by atoms with Crippen LogP contribution in [-0.4, -0.2) is 64.7 Å². The summed E-state index contributed by atoms with van der Waals surface area (Å²) in [5.41, 5.74) is 1.63. The molecule has 29 heavy (non-hydrogen) atoms. The second-order valence-electron chi connectivity index (χ2n) is 7.10. The van der Waals surface area contributed by atoms with Crippen molar-refractivity contribution >= 4 is 11.8 Å². The number of hydrogen-bond acceptors (Lipinski definition) is 7. The molecule has 0 aliphatic carbocycles. The lowest BCUT2D eigenvalue weighted by Gasteiger charge is -2.21. The van der Waals surface area contributed by atoms with Crippen LogP contribution in [0.5, 0.6) is 0 Å². The number of aliphatic hydroxyl groups excluding tert-OH is 3. The third-order valence-electron chi connectivity index (χ3n) is 5.00. The molecule has 2 aromatic carbocycles. The molecule has 1 aliphatic heterocycles. The van der Waals surface area contributed by atoms with Crippen LogP contribution in [-0.2, 0) is 14.3 Å². The number of benzene rings is 2. The lowest BCUT2D eigenvalue weighted by molar-refractivity contribution is -0.152. The monoisotopic (exact) mass is 400 g/mol. The molecule has 7 nitrogen and oxygen atoms in total. The largest absolute Gasteiger partial charge is 0.462 e. The average Bonchev–Trinajstić information content (AvgIpc) is 3.09. The molecule has 1 fully saturated rings. The Bertz CT molecular complexity index is 851. The fourth-order valence-corrected chi connectivity index (χ4v) is 3.19. The Kier molecular flexibility index (Phi) is 6.76. The van der Waals surface area contributed by atoms with Gasteiger partial charge in [-0.2, -0.15) is 0 Å². The van der Waals surface area contributed by atoms with Crippen molar-refractivity contribution in [3.8, 4) is 0 Å². The molecule has 0 spiro atoms. The molecule has 1 aliphatic rings. The van der Waals surface area contributed by atoms with E-state index in [2.05, 4.69) is 0 Å². The lowest BCUT2D eigenvalue weighted by Crippen LogP contribution is -2.41. The number of carbonyl (C=O) groups excluding carboxylic acids is 2. The first-order valence-electron chi connectivity index (χ1n) is 9.40. The molecular formula is C22H24O7. The number of aliphatic hydroxyl groups is 3. The molecule has 0 radical (unpaired) electrons. The number of esters is 1. The molecule has 3 rings (SSSR count). The number of rotatable bonds is 7. The minimum atomic E-state index is -1.26. The summed E-state index contributed by atoms with van der Waals surface area (Å²) in [4.78, 5) is 25.0. The molecule has 2 aromatic rings. The molecule has 7 heteroatoms. The van der Waals surface area contributed by atoms with Gasteiger partial charge in [0.25, 0.3) is 0 Å². The zero-order valence-electron chi connectivity index (χ0n) is 16.0. The molecule has 0 saturated carbocycles. The van der Waals surface area contributed by atoms with Gasteiger partial charge in [0.15, 0.2) is 5.78 Å². The summed E-state index contributed by atoms with van der Waals surface area (Å²) in [5.74, 6) is -1.39. The van der Waals surface area contributed by atoms with Gasteiger partial charge in [-0.15, -0.1) is 0 Å². The molecule has 1 unspecified atom stereocenters. The fourth-order valence-electron chi connectivity index (χ4n) is 3.19. The van der Waals surface area contributed by atoms with E-state index in [1.165, 1.54) is 0 Å². The summed E-state index contributed by atoms with van der Waals surface area (Å²) < 4.78 is 10.3. The summed E-state index contributed by atoms with van der Waals surface area (Å²) in [6, 6.07) is 15.6. The van der Waals surface area contributed by atoms with Gasteiger partial charge in [0.2, 0.25) is 0 Å². The summed E-state index contributed by atoms with van der Waals surface area (Å²) >= 11 is 0. The maximum Gasteiger partial charge on any atom is 0.313 e. The van der Waals surface area contributed by atoms with Gasteiger partial charge in [-0.25, -0.2) is 0 Å². The van der Waals surface area contributed by atoms with Gasteiger partial charge in [-0.05, 0) is 18.6 Å². The SMILES string of the molecule is CC(C(=O)OC[C@@H](O)[C@H]1OC[C@H](O)[C@H]1O)c1cccc(C(=O)c2ccccc2)c1. The van der Waals surface area contributed by atoms with Crippen molar-refractivity contribution in [1.29, 1.82) is 0 Å². The van der Waals surface area contributed by atoms with Crippen LogP contribution in [0.15, 0.2) is 54.6 Å². The topological polar surface area (TPSA) is 113 Å². The Morgan fingerprint density at radius 3 is 2.45 bits per heavy atom. The second kappa shape index (κ2) is 9.28. The van der Waals surface area contributed by atoms with Crippen molar-refractivity contribution in [2.24, 2.45) is 0 Å². The second-order valence-corrected chi connectivity index (χ2v) is 7.10. The first kappa shape index (κ1) is 21.1. The average molecular weight is 400 g/mol. The van der Waals surface area contributed by atoms with Crippen molar-refractivity contribution in [2.75, 3.05) is 13.2 Å². The van der Waals surface area contributed by atoms with Crippen LogP contribution in [0.2, 0.25) is 0 Å². The summed E-state index contributed by atoms with van der Waals surface area (Å²) in [5, 5.41) is 29.3. The molecule has 3 N–H and O–H groups in total. The smallest absolute Gasteiger partial charge is 0.313 e. The highest BCUT2D eigenvalue weighted by molar-refractivity contribution is 6.09. The van der Waals surface area contributed by atoms with E-state index < -0.39 is 36.3 Å². The zero-order chi connectivity index (χ0) is 21.0. The highest BCUT2D eigenvalue weighted by atomic mass is 16.6. The molecule has 0 bridgehead atoms. The number of carbonyl (C=O) groups is 2. The Morgan fingerprint density at radius 1 is 1.10 bits per heavy atom. The Labute approximate surface area is 168 Å². The van der Waals surface area contributed by atoms with Gasteiger partial charge >= 0.3 is 5.97 Å². The summed E-state index contributed by atoms with van der Waals surface area (Å²) in [7, 11) is 0. The predicted molar refractivity (Wildman–Crippen MR) is 103 cm³/mol. The predicted octanol–water partition coefficient (Wildman–Crippen LogP) is 1.05. The first-order valence-corrected chi connectivity index (χ1v) is 9.40. The lowest BCUT2D eigenvalue weighted by atomic mass is 9.96. The normalized spacial score (nSPS) is 23.4. The van der Waals surface area contributed by atoms with E-state index in [9.17, 15) is 24.9 Å². The molecule has 0 aromatic heterocycles. The standard InChI is InChI=1S/C22H24O7/c1-13(22(27)29-12-18(24)21-20(26)17(23)11-28-21)15-8-5-9-16(10-15)19(25)14-6-3-2-4-7-14/h2-10,13,17-18,20-21,23-24,26H,11-12H2,1H3/t13?,17-,18+,20+,21+/m0/s1. The van der Waals surface area contributed by atoms with E-state index in [0.29, 0.717) is 16.7 Å². The highest BCUT2D eigenvalue weighted by Crippen LogP contribution is 2.22. The number of hydrogen-bond donors (Lipinski definition) is 3. The highest BCUT2D eigenvalue weighted by Gasteiger charge is 2.39. The van der Waals surface area contributed by atoms with Gasteiger partial charge in [0.1, 0.15) is 31.0 Å². The molecule has 1 saturated heterocycles. The van der Waals surface area contributed by atoms with Crippen molar-refractivity contribution in [3.05, 3.63) is 71.3 Å². The number of ether oxygens (including phenoxy) is 2. The quantitative estimate of drug-likeness (QED) is 0.470. The minimum Gasteiger partial charge on any atom is -0.462 e. The third-order valence-corrected chi connectivity index (χ3v) is 5.00. The van der Waals surface area contributed by atoms with Gasteiger partial charge in [0, 0.05) is 11.1 Å². The minimum absolute atomic E-state index is 0.0878. The number of ketones is 1. The maximum absolute atomic E-state index is 12.6. The van der Waals surface area contributed by atoms with E-state index in [1.807, 2.05) is 6.07 Å². The molecule has 154 valence electrons. The molecule has 0 amide bonds. The van der Waals surface area contributed by atoms with E-state index in [-0.39, 0.29) is 19.0 Å². The van der Waals surface area contributed by atoms with Crippen molar-refractivity contribution in [3.63, 3.8) is 0 Å². The molecule has 5 atom stereocenters. The summed E-state index contributed by atoms with van der Waals surface area (Å²) in [6.07, 6.45) is -4.58. The first-order chi connectivity index (χ1) is 13.9. The van der Waals surface area contributed by atoms with Crippen molar-refractivity contribution in [2.45, 2.75) is 37.3 Å². The third kappa shape index (κ3) is 4.89. The summed E-state index contributed by atoms with van der Waals surface area (Å²) in [6.45, 7) is 1.18. The van der Waals surface area contributed by atoms with Crippen LogP contribution in [0.1, 0.15) is 34.3 Å². The van der Waals surface area contributed by atoms with Crippen LogP contribution in [0.4, 0.5) is 0 Å². The van der Waals surface area contributed by atoms with Gasteiger partial charge in [-0.1, -0.05) is 48.5 Å². The maximum atomic E-state index is 12.6. The van der Waals surface area contributed by atoms with Crippen molar-refractivity contribution < 1.29 is 34.4 Å². The molecule has 1 heterocycles. The Morgan fingerprint density at radius 2 is 1.79 bits per heavy atom. The van der Waals surface area contributed by atoms with E-state index >= 15 is 0 Å². The van der Waals surface area contributed by atoms with Crippen LogP contribution in [0.3, 0.4) is 0 Å². The van der Waals surface area contributed by atoms with Crippen LogP contribution >= 0.6 is 0 Å². The van der Waals surface area contributed by atoms with Gasteiger partial charge < -0.3 is 24.8 Å². The molecular weight excluding hydrogens is 376 g/mol. The van der Waals surface area contributed by atoms with E-state index in [4.69, 9.17) is 9.47 Å². The fraction of sp³-hybridized carbons (Fsp3) is 0.364. The van der Waals surface area contributed by atoms with Crippen LogP contribution in [0, 0.1) is 0 Å². The Hall–Kier alpha value is -2.58. The van der Waals surface area contributed by atoms with Crippen LogP contribution < -0.4 is 0 Å². The van der Waals surface area contributed by atoms with Gasteiger partial charge in [0.05, 0.1) is 12.5 Å². The van der Waals surface area contributed by atoms with E-state index in [0.717, 1.165) is 0 Å². The van der Waals surface area contributed by atoms with Gasteiger partial charge in [-0.3, -0.25) is 9.59 Å². The Balaban J connectivity index is 1.62. The van der Waals surface area contributed by atoms with Crippen molar-refractivity contribution in [1.82, 2.24) is 0 Å². The van der Waals surface area contributed by atoms with E-state index in [1.54, 1.807) is 55.5 Å². The van der Waals surface area contributed by atoms with Crippen LogP contribution in [0.25, 0.3) is 0 Å². The zero-order valence-corrected chi connectivity index (χ0v) is 16.0.